The molecule has 1 saturated heterocycles. The third kappa shape index (κ3) is 5.74. The van der Waals surface area contributed by atoms with E-state index in [1.165, 1.54) is 0 Å². The molecule has 1 aliphatic rings. The van der Waals surface area contributed by atoms with E-state index >= 15 is 0 Å². The molecule has 1 aromatic carbocycles. The number of ether oxygens (including phenoxy) is 1. The molecule has 0 radical (unpaired) electrons. The van der Waals surface area contributed by atoms with Crippen LogP contribution in [0, 0.1) is 6.92 Å². The van der Waals surface area contributed by atoms with Gasteiger partial charge in [-0.1, -0.05) is 18.2 Å². The molecular formula is C26H28N4O3. The lowest BCUT2D eigenvalue weighted by Gasteiger charge is -2.36. The predicted octanol–water partition coefficient (Wildman–Crippen LogP) is 4.39. The second kappa shape index (κ2) is 10.7. The summed E-state index contributed by atoms with van der Waals surface area (Å²) < 4.78 is 5.90. The zero-order chi connectivity index (χ0) is 23.0. The Bertz CT molecular complexity index is 1090. The molecule has 170 valence electrons. The Morgan fingerprint density at radius 2 is 1.91 bits per heavy atom. The number of carbonyl (C=O) groups is 2. The minimum atomic E-state index is -0.0998. The Kier molecular flexibility index (Phi) is 7.29. The zero-order valence-electron chi connectivity index (χ0n) is 18.7. The van der Waals surface area contributed by atoms with E-state index in [2.05, 4.69) is 15.3 Å². The minimum absolute atomic E-state index is 0.0522. The molecule has 1 fully saturated rings. The molecule has 1 aliphatic heterocycles. The number of amides is 2. The van der Waals surface area contributed by atoms with Crippen LogP contribution in [-0.2, 0) is 0 Å². The first-order chi connectivity index (χ1) is 16.1. The number of rotatable bonds is 7. The lowest BCUT2D eigenvalue weighted by atomic mass is 9.98. The van der Waals surface area contributed by atoms with Crippen LogP contribution in [0.5, 0.6) is 11.6 Å². The van der Waals surface area contributed by atoms with Crippen molar-refractivity contribution in [1.82, 2.24) is 20.2 Å². The molecule has 1 atom stereocenters. The van der Waals surface area contributed by atoms with Crippen LogP contribution in [0.3, 0.4) is 0 Å². The van der Waals surface area contributed by atoms with E-state index in [4.69, 9.17) is 4.74 Å². The molecule has 7 nitrogen and oxygen atoms in total. The van der Waals surface area contributed by atoms with Gasteiger partial charge in [-0.05, 0) is 69.0 Å². The highest BCUT2D eigenvalue weighted by molar-refractivity contribution is 5.96. The van der Waals surface area contributed by atoms with Gasteiger partial charge in [-0.15, -0.1) is 0 Å². The van der Waals surface area contributed by atoms with Crippen molar-refractivity contribution in [2.45, 2.75) is 38.6 Å². The Hall–Kier alpha value is -3.74. The summed E-state index contributed by atoms with van der Waals surface area (Å²) in [6.45, 7) is 3.09. The fraction of sp³-hybridized carbons (Fsp3) is 0.308. The standard InChI is InChI=1S/C26H28N4O3/c1-19-12-13-22(18-29-19)33-25-23(11-7-15-28-25)26(32)30-17-6-5-10-21(30)14-16-27-24(31)20-8-3-2-4-9-20/h2-4,7-9,11-13,15,18,21H,5-6,10,14,16-17H2,1H3,(H,27,31)/t21-/m0/s1. The van der Waals surface area contributed by atoms with Crippen LogP contribution in [0.2, 0.25) is 0 Å². The number of hydrogen-bond donors (Lipinski definition) is 1. The fourth-order valence-corrected chi connectivity index (χ4v) is 4.03. The predicted molar refractivity (Wildman–Crippen MR) is 125 cm³/mol. The number of nitrogens with zero attached hydrogens (tertiary/aromatic N) is 3. The van der Waals surface area contributed by atoms with E-state index in [0.29, 0.717) is 36.4 Å². The maximum absolute atomic E-state index is 13.5. The fourth-order valence-electron chi connectivity index (χ4n) is 4.03. The van der Waals surface area contributed by atoms with Crippen LogP contribution in [-0.4, -0.2) is 45.8 Å². The van der Waals surface area contributed by atoms with Crippen LogP contribution >= 0.6 is 0 Å². The quantitative estimate of drug-likeness (QED) is 0.584. The van der Waals surface area contributed by atoms with Gasteiger partial charge < -0.3 is 15.0 Å². The monoisotopic (exact) mass is 444 g/mol. The van der Waals surface area contributed by atoms with Crippen LogP contribution < -0.4 is 10.1 Å². The number of aromatic nitrogens is 2. The number of benzene rings is 1. The largest absolute Gasteiger partial charge is 0.437 e. The molecule has 0 unspecified atom stereocenters. The number of carbonyl (C=O) groups excluding carboxylic acids is 2. The third-order valence-corrected chi connectivity index (χ3v) is 5.79. The Balaban J connectivity index is 1.43. The molecular weight excluding hydrogens is 416 g/mol. The molecule has 0 saturated carbocycles. The van der Waals surface area contributed by atoms with Gasteiger partial charge in [-0.25, -0.2) is 4.98 Å². The number of likely N-dealkylation sites (tertiary alicyclic amines) is 1. The van der Waals surface area contributed by atoms with E-state index in [-0.39, 0.29) is 23.7 Å². The summed E-state index contributed by atoms with van der Waals surface area (Å²) in [6.07, 6.45) is 6.86. The summed E-state index contributed by atoms with van der Waals surface area (Å²) in [5.41, 5.74) is 1.95. The normalized spacial score (nSPS) is 15.7. The van der Waals surface area contributed by atoms with Crippen LogP contribution in [0.4, 0.5) is 0 Å². The molecule has 3 heterocycles. The number of pyridine rings is 2. The Morgan fingerprint density at radius 3 is 2.70 bits per heavy atom. The van der Waals surface area contributed by atoms with Gasteiger partial charge in [0.05, 0.1) is 6.20 Å². The topological polar surface area (TPSA) is 84.4 Å². The molecule has 3 aromatic rings. The summed E-state index contributed by atoms with van der Waals surface area (Å²) in [4.78, 5) is 36.3. The van der Waals surface area contributed by atoms with Crippen molar-refractivity contribution in [3.8, 4) is 11.6 Å². The van der Waals surface area contributed by atoms with Crippen molar-refractivity contribution < 1.29 is 14.3 Å². The second-order valence-electron chi connectivity index (χ2n) is 8.15. The van der Waals surface area contributed by atoms with Crippen LogP contribution in [0.25, 0.3) is 0 Å². The minimum Gasteiger partial charge on any atom is -0.437 e. The summed E-state index contributed by atoms with van der Waals surface area (Å²) in [7, 11) is 0. The molecule has 0 spiro atoms. The smallest absolute Gasteiger partial charge is 0.259 e. The van der Waals surface area contributed by atoms with Gasteiger partial charge in [-0.3, -0.25) is 14.6 Å². The van der Waals surface area contributed by atoms with Crippen LogP contribution in [0.1, 0.15) is 52.1 Å². The van der Waals surface area contributed by atoms with E-state index < -0.39 is 0 Å². The molecule has 1 N–H and O–H groups in total. The average Bonchev–Trinajstić information content (AvgIpc) is 2.86. The van der Waals surface area contributed by atoms with Gasteiger partial charge in [0.25, 0.3) is 11.8 Å². The molecule has 2 amide bonds. The molecule has 0 bridgehead atoms. The van der Waals surface area contributed by atoms with Gasteiger partial charge >= 0.3 is 0 Å². The number of hydrogen-bond acceptors (Lipinski definition) is 5. The highest BCUT2D eigenvalue weighted by atomic mass is 16.5. The van der Waals surface area contributed by atoms with Crippen molar-refractivity contribution in [3.05, 3.63) is 83.8 Å². The Morgan fingerprint density at radius 1 is 1.06 bits per heavy atom. The molecule has 2 aromatic heterocycles. The summed E-state index contributed by atoms with van der Waals surface area (Å²) in [5.74, 6) is 0.609. The van der Waals surface area contributed by atoms with Crippen molar-refractivity contribution in [2.24, 2.45) is 0 Å². The van der Waals surface area contributed by atoms with Crippen molar-refractivity contribution in [3.63, 3.8) is 0 Å². The number of piperidine rings is 1. The van der Waals surface area contributed by atoms with Crippen molar-refractivity contribution in [1.29, 1.82) is 0 Å². The molecule has 7 heteroatoms. The van der Waals surface area contributed by atoms with Gasteiger partial charge in [0.2, 0.25) is 5.88 Å². The van der Waals surface area contributed by atoms with Gasteiger partial charge in [0.1, 0.15) is 11.3 Å². The van der Waals surface area contributed by atoms with Crippen molar-refractivity contribution in [2.75, 3.05) is 13.1 Å². The van der Waals surface area contributed by atoms with Gasteiger partial charge in [-0.2, -0.15) is 0 Å². The van der Waals surface area contributed by atoms with Crippen molar-refractivity contribution >= 4 is 11.8 Å². The third-order valence-electron chi connectivity index (χ3n) is 5.79. The first-order valence-electron chi connectivity index (χ1n) is 11.3. The van der Waals surface area contributed by atoms with E-state index in [1.54, 1.807) is 36.7 Å². The summed E-state index contributed by atoms with van der Waals surface area (Å²) >= 11 is 0. The maximum atomic E-state index is 13.5. The Labute approximate surface area is 193 Å². The number of nitrogens with one attached hydrogen (secondary N) is 1. The van der Waals surface area contributed by atoms with E-state index in [0.717, 1.165) is 25.0 Å². The molecule has 0 aliphatic carbocycles. The molecule has 4 rings (SSSR count). The van der Waals surface area contributed by atoms with E-state index in [9.17, 15) is 9.59 Å². The highest BCUT2D eigenvalue weighted by Crippen LogP contribution is 2.27. The lowest BCUT2D eigenvalue weighted by Crippen LogP contribution is -2.45. The first kappa shape index (κ1) is 22.5. The summed E-state index contributed by atoms with van der Waals surface area (Å²) in [5, 5.41) is 2.97. The second-order valence-corrected chi connectivity index (χ2v) is 8.15. The van der Waals surface area contributed by atoms with E-state index in [1.807, 2.05) is 42.2 Å². The first-order valence-corrected chi connectivity index (χ1v) is 11.3. The van der Waals surface area contributed by atoms with Gasteiger partial charge in [0, 0.05) is 36.6 Å². The van der Waals surface area contributed by atoms with Gasteiger partial charge in [0.15, 0.2) is 0 Å². The maximum Gasteiger partial charge on any atom is 0.259 e. The highest BCUT2D eigenvalue weighted by Gasteiger charge is 2.29. The summed E-state index contributed by atoms with van der Waals surface area (Å²) in [6, 6.07) is 16.4. The lowest BCUT2D eigenvalue weighted by molar-refractivity contribution is 0.0598. The zero-order valence-corrected chi connectivity index (χ0v) is 18.7. The number of aryl methyl sites for hydroxylation is 1. The SMILES string of the molecule is Cc1ccc(Oc2ncccc2C(=O)N2CCCC[C@H]2CCNC(=O)c2ccccc2)cn1. The van der Waals surface area contributed by atoms with Crippen LogP contribution in [0.15, 0.2) is 67.0 Å². The molecule has 33 heavy (non-hydrogen) atoms. The average molecular weight is 445 g/mol.